The molecule has 1 rings (SSSR count). The number of hydrogen-bond donors (Lipinski definition) is 3. The fraction of sp³-hybridized carbons (Fsp3) is 0.333. The number of aldehydes is 1. The molecule has 4 nitrogen and oxygen atoms in total. The maximum atomic E-state index is 10.9. The van der Waals surface area contributed by atoms with E-state index in [9.17, 15) is 4.79 Å². The molecular weight excluding hydrogens is 206 g/mol. The zero-order valence-corrected chi connectivity index (χ0v) is 8.94. The number of carbonyl (C=O) groups is 1. The standard InChI is InChI=1S/C12H15NO3/c13-7-9-1-2-10(8-16)12(4-6-15)11(9)3-5-14/h1-2,7-8,13-15H,3-6H2. The van der Waals surface area contributed by atoms with Gasteiger partial charge >= 0.3 is 0 Å². The van der Waals surface area contributed by atoms with E-state index in [1.807, 2.05) is 0 Å². The Morgan fingerprint density at radius 3 is 2.00 bits per heavy atom. The van der Waals surface area contributed by atoms with Gasteiger partial charge in [-0.1, -0.05) is 12.1 Å². The van der Waals surface area contributed by atoms with Crippen molar-refractivity contribution in [2.24, 2.45) is 0 Å². The van der Waals surface area contributed by atoms with Gasteiger partial charge in [-0.2, -0.15) is 0 Å². The summed E-state index contributed by atoms with van der Waals surface area (Å²) in [7, 11) is 0. The fourth-order valence-corrected chi connectivity index (χ4v) is 1.79. The zero-order chi connectivity index (χ0) is 12.0. The molecule has 0 aliphatic heterocycles. The van der Waals surface area contributed by atoms with Crippen LogP contribution in [0.3, 0.4) is 0 Å². The van der Waals surface area contributed by atoms with Gasteiger partial charge in [-0.25, -0.2) is 0 Å². The Labute approximate surface area is 94.1 Å². The number of rotatable bonds is 6. The molecule has 0 saturated heterocycles. The largest absolute Gasteiger partial charge is 0.396 e. The lowest BCUT2D eigenvalue weighted by atomic mass is 9.93. The summed E-state index contributed by atoms with van der Waals surface area (Å²) in [4.78, 5) is 10.9. The van der Waals surface area contributed by atoms with Gasteiger partial charge in [0.05, 0.1) is 0 Å². The van der Waals surface area contributed by atoms with Crippen LogP contribution in [-0.2, 0) is 12.8 Å². The van der Waals surface area contributed by atoms with E-state index in [-0.39, 0.29) is 13.2 Å². The highest BCUT2D eigenvalue weighted by Gasteiger charge is 2.11. The Kier molecular flexibility index (Phi) is 4.82. The third-order valence-electron chi connectivity index (χ3n) is 2.51. The molecular formula is C12H15NO3. The molecule has 0 atom stereocenters. The van der Waals surface area contributed by atoms with Gasteiger partial charge in [-0.15, -0.1) is 0 Å². The van der Waals surface area contributed by atoms with Gasteiger partial charge in [0.15, 0.2) is 0 Å². The summed E-state index contributed by atoms with van der Waals surface area (Å²) in [6.45, 7) is -0.0949. The molecule has 1 aromatic carbocycles. The lowest BCUT2D eigenvalue weighted by Crippen LogP contribution is -2.07. The second kappa shape index (κ2) is 6.15. The second-order valence-electron chi connectivity index (χ2n) is 3.41. The van der Waals surface area contributed by atoms with Crippen molar-refractivity contribution in [2.75, 3.05) is 13.2 Å². The van der Waals surface area contributed by atoms with Gasteiger partial charge in [-0.3, -0.25) is 4.79 Å². The molecule has 4 heteroatoms. The van der Waals surface area contributed by atoms with Gasteiger partial charge < -0.3 is 15.6 Å². The van der Waals surface area contributed by atoms with E-state index < -0.39 is 0 Å². The van der Waals surface area contributed by atoms with Gasteiger partial charge in [0.1, 0.15) is 6.29 Å². The summed E-state index contributed by atoms with van der Waals surface area (Å²) in [6.07, 6.45) is 2.69. The molecule has 0 heterocycles. The third-order valence-corrected chi connectivity index (χ3v) is 2.51. The molecule has 0 aliphatic rings. The van der Waals surface area contributed by atoms with Crippen LogP contribution in [0.25, 0.3) is 0 Å². The molecule has 86 valence electrons. The fourth-order valence-electron chi connectivity index (χ4n) is 1.79. The summed E-state index contributed by atoms with van der Waals surface area (Å²) < 4.78 is 0. The topological polar surface area (TPSA) is 81.4 Å². The Hall–Kier alpha value is -1.52. The highest BCUT2D eigenvalue weighted by molar-refractivity contribution is 5.85. The molecule has 3 N–H and O–H groups in total. The molecule has 0 aromatic heterocycles. The lowest BCUT2D eigenvalue weighted by molar-refractivity contribution is 0.112. The predicted octanol–water partition coefficient (Wildman–Crippen LogP) is 0.566. The second-order valence-corrected chi connectivity index (χ2v) is 3.41. The Morgan fingerprint density at radius 1 is 1.06 bits per heavy atom. The quantitative estimate of drug-likeness (QED) is 0.485. The first-order valence-electron chi connectivity index (χ1n) is 5.10. The average Bonchev–Trinajstić information content (AvgIpc) is 2.31. The van der Waals surface area contributed by atoms with Gasteiger partial charge in [0.25, 0.3) is 0 Å². The number of benzene rings is 1. The highest BCUT2D eigenvalue weighted by atomic mass is 16.3. The third kappa shape index (κ3) is 2.53. The monoisotopic (exact) mass is 221 g/mol. The molecule has 0 aliphatic carbocycles. The van der Waals surface area contributed by atoms with Crippen molar-refractivity contribution in [3.63, 3.8) is 0 Å². The van der Waals surface area contributed by atoms with E-state index in [4.69, 9.17) is 15.6 Å². The number of aliphatic hydroxyl groups is 2. The van der Waals surface area contributed by atoms with Crippen molar-refractivity contribution in [1.29, 1.82) is 5.41 Å². The van der Waals surface area contributed by atoms with Crippen LogP contribution in [0.4, 0.5) is 0 Å². The van der Waals surface area contributed by atoms with Crippen LogP contribution >= 0.6 is 0 Å². The maximum Gasteiger partial charge on any atom is 0.150 e. The van der Waals surface area contributed by atoms with E-state index >= 15 is 0 Å². The smallest absolute Gasteiger partial charge is 0.150 e. The minimum atomic E-state index is -0.0548. The zero-order valence-electron chi connectivity index (χ0n) is 8.94. The summed E-state index contributed by atoms with van der Waals surface area (Å²) in [5.41, 5.74) is 2.70. The molecule has 1 aromatic rings. The molecule has 16 heavy (non-hydrogen) atoms. The van der Waals surface area contributed by atoms with Gasteiger partial charge in [0.2, 0.25) is 0 Å². The van der Waals surface area contributed by atoms with Crippen LogP contribution in [0.15, 0.2) is 12.1 Å². The van der Waals surface area contributed by atoms with Gasteiger partial charge in [-0.05, 0) is 29.5 Å². The average molecular weight is 221 g/mol. The minimum Gasteiger partial charge on any atom is -0.396 e. The van der Waals surface area contributed by atoms with Crippen LogP contribution in [0.1, 0.15) is 27.0 Å². The van der Waals surface area contributed by atoms with Crippen molar-refractivity contribution < 1.29 is 15.0 Å². The molecule has 0 radical (unpaired) electrons. The molecule has 0 amide bonds. The lowest BCUT2D eigenvalue weighted by Gasteiger charge is -2.13. The van der Waals surface area contributed by atoms with Crippen LogP contribution < -0.4 is 0 Å². The Bertz CT molecular complexity index is 351. The van der Waals surface area contributed by atoms with E-state index in [1.165, 1.54) is 6.21 Å². The maximum absolute atomic E-state index is 10.9. The molecule has 0 bridgehead atoms. The number of aliphatic hydroxyl groups excluding tert-OH is 2. The van der Waals surface area contributed by atoms with Crippen LogP contribution in [-0.4, -0.2) is 35.9 Å². The number of nitrogens with one attached hydrogen (secondary N) is 1. The van der Waals surface area contributed by atoms with E-state index in [0.717, 1.165) is 17.4 Å². The van der Waals surface area contributed by atoms with Gasteiger partial charge in [0, 0.05) is 25.0 Å². The van der Waals surface area contributed by atoms with Crippen LogP contribution in [0.2, 0.25) is 0 Å². The van der Waals surface area contributed by atoms with Crippen molar-refractivity contribution in [2.45, 2.75) is 12.8 Å². The van der Waals surface area contributed by atoms with Crippen molar-refractivity contribution >= 4 is 12.5 Å². The van der Waals surface area contributed by atoms with E-state index in [1.54, 1.807) is 12.1 Å². The van der Waals surface area contributed by atoms with E-state index in [0.29, 0.717) is 24.0 Å². The molecule has 0 fully saturated rings. The van der Waals surface area contributed by atoms with E-state index in [2.05, 4.69) is 0 Å². The number of hydrogen-bond acceptors (Lipinski definition) is 4. The first-order chi connectivity index (χ1) is 7.78. The molecule has 0 unspecified atom stereocenters. The predicted molar refractivity (Wildman–Crippen MR) is 61.3 cm³/mol. The summed E-state index contributed by atoms with van der Waals surface area (Å²) in [5, 5.41) is 25.2. The molecule has 0 saturated carbocycles. The Morgan fingerprint density at radius 2 is 1.56 bits per heavy atom. The first kappa shape index (κ1) is 12.5. The summed E-state index contributed by atoms with van der Waals surface area (Å²) in [6, 6.07) is 3.32. The van der Waals surface area contributed by atoms with Crippen LogP contribution in [0, 0.1) is 5.41 Å². The normalized spacial score (nSPS) is 10.1. The highest BCUT2D eigenvalue weighted by Crippen LogP contribution is 2.19. The van der Waals surface area contributed by atoms with Crippen molar-refractivity contribution in [3.05, 3.63) is 34.4 Å². The van der Waals surface area contributed by atoms with Crippen molar-refractivity contribution in [1.82, 2.24) is 0 Å². The SMILES string of the molecule is N=Cc1ccc(C=O)c(CCO)c1CCO. The van der Waals surface area contributed by atoms with Crippen molar-refractivity contribution in [3.8, 4) is 0 Å². The van der Waals surface area contributed by atoms with Crippen LogP contribution in [0.5, 0.6) is 0 Å². The molecule has 0 spiro atoms. The Balaban J connectivity index is 3.33. The summed E-state index contributed by atoms with van der Waals surface area (Å²) >= 11 is 0. The summed E-state index contributed by atoms with van der Waals surface area (Å²) in [5.74, 6) is 0. The minimum absolute atomic E-state index is 0.0401. The number of carbonyl (C=O) groups excluding carboxylic acids is 1. The first-order valence-corrected chi connectivity index (χ1v) is 5.10.